The van der Waals surface area contributed by atoms with Gasteiger partial charge < -0.3 is 4.98 Å². The summed E-state index contributed by atoms with van der Waals surface area (Å²) in [5.74, 6) is 0. The number of nitrogens with one attached hydrogen (secondary N) is 1. The first-order valence-electron chi connectivity index (χ1n) is 2.88. The number of H-pyrrole nitrogens is 1. The Morgan fingerprint density at radius 1 is 1.42 bits per heavy atom. The second-order valence-corrected chi connectivity index (χ2v) is 2.77. The molecule has 0 atom stereocenters. The standard InChI is InChI=1S/C6H3Cl2F2NO/c7-4-3(12)1-2(6(9)10)11-5(4)8/h1,6H,(H,11,12). The summed E-state index contributed by atoms with van der Waals surface area (Å²) in [5.41, 5.74) is -1.25. The van der Waals surface area contributed by atoms with E-state index >= 15 is 0 Å². The number of hydrogen-bond donors (Lipinski definition) is 1. The van der Waals surface area contributed by atoms with Crippen LogP contribution in [-0.2, 0) is 0 Å². The van der Waals surface area contributed by atoms with Crippen molar-refractivity contribution in [1.29, 1.82) is 0 Å². The molecule has 0 saturated carbocycles. The van der Waals surface area contributed by atoms with E-state index in [1.165, 1.54) is 0 Å². The Labute approximate surface area is 76.1 Å². The molecule has 66 valence electrons. The van der Waals surface area contributed by atoms with Crippen LogP contribution in [0.3, 0.4) is 0 Å². The number of aromatic nitrogens is 1. The monoisotopic (exact) mass is 213 g/mol. The van der Waals surface area contributed by atoms with E-state index < -0.39 is 17.5 Å². The molecular weight excluding hydrogens is 211 g/mol. The van der Waals surface area contributed by atoms with Crippen molar-refractivity contribution in [1.82, 2.24) is 4.98 Å². The zero-order valence-electron chi connectivity index (χ0n) is 5.57. The summed E-state index contributed by atoms with van der Waals surface area (Å²) in [7, 11) is 0. The molecule has 0 aromatic carbocycles. The van der Waals surface area contributed by atoms with Crippen molar-refractivity contribution < 1.29 is 8.78 Å². The molecule has 0 aliphatic heterocycles. The van der Waals surface area contributed by atoms with E-state index in [9.17, 15) is 13.6 Å². The number of halogens is 4. The highest BCUT2D eigenvalue weighted by Gasteiger charge is 2.12. The fourth-order valence-corrected chi connectivity index (χ4v) is 0.952. The molecule has 1 heterocycles. The second-order valence-electron chi connectivity index (χ2n) is 2.02. The molecule has 0 spiro atoms. The van der Waals surface area contributed by atoms with Crippen LogP contribution in [0, 0.1) is 0 Å². The lowest BCUT2D eigenvalue weighted by atomic mass is 10.3. The van der Waals surface area contributed by atoms with Gasteiger partial charge in [-0.3, -0.25) is 4.79 Å². The average Bonchev–Trinajstić information content (AvgIpc) is 1.99. The quantitative estimate of drug-likeness (QED) is 0.716. The zero-order chi connectivity index (χ0) is 9.30. The van der Waals surface area contributed by atoms with Crippen molar-refractivity contribution in [3.63, 3.8) is 0 Å². The van der Waals surface area contributed by atoms with E-state index in [0.717, 1.165) is 6.07 Å². The van der Waals surface area contributed by atoms with E-state index in [1.54, 1.807) is 0 Å². The van der Waals surface area contributed by atoms with Crippen LogP contribution in [0.2, 0.25) is 10.2 Å². The third kappa shape index (κ3) is 1.76. The molecule has 0 saturated heterocycles. The predicted octanol–water partition coefficient (Wildman–Crippen LogP) is 2.62. The lowest BCUT2D eigenvalue weighted by molar-refractivity contribution is 0.146. The van der Waals surface area contributed by atoms with Crippen LogP contribution in [-0.4, -0.2) is 4.98 Å². The van der Waals surface area contributed by atoms with Gasteiger partial charge in [-0.1, -0.05) is 23.2 Å². The Morgan fingerprint density at radius 3 is 2.42 bits per heavy atom. The molecule has 2 nitrogen and oxygen atoms in total. The summed E-state index contributed by atoms with van der Waals surface area (Å²) in [5, 5.41) is -0.541. The van der Waals surface area contributed by atoms with E-state index in [1.807, 2.05) is 0 Å². The van der Waals surface area contributed by atoms with Gasteiger partial charge in [-0.05, 0) is 0 Å². The molecule has 0 unspecified atom stereocenters. The molecule has 6 heteroatoms. The molecule has 0 bridgehead atoms. The van der Waals surface area contributed by atoms with Crippen molar-refractivity contribution in [2.24, 2.45) is 0 Å². The van der Waals surface area contributed by atoms with Crippen LogP contribution in [0.25, 0.3) is 0 Å². The molecule has 0 fully saturated rings. The smallest absolute Gasteiger partial charge is 0.278 e. The Balaban J connectivity index is 3.31. The maximum absolute atomic E-state index is 12.0. The molecule has 1 aromatic rings. The lowest BCUT2D eigenvalue weighted by Crippen LogP contribution is -2.05. The third-order valence-electron chi connectivity index (χ3n) is 1.18. The van der Waals surface area contributed by atoms with Crippen LogP contribution in [0.15, 0.2) is 10.9 Å². The van der Waals surface area contributed by atoms with E-state index in [0.29, 0.717) is 0 Å². The average molecular weight is 214 g/mol. The molecule has 0 amide bonds. The van der Waals surface area contributed by atoms with Gasteiger partial charge in [0.25, 0.3) is 6.43 Å². The molecular formula is C6H3Cl2F2NO. The van der Waals surface area contributed by atoms with Gasteiger partial charge in [0.05, 0.1) is 5.69 Å². The minimum absolute atomic E-state index is 0.264. The molecule has 1 aromatic heterocycles. The predicted molar refractivity (Wildman–Crippen MR) is 42.0 cm³/mol. The molecule has 12 heavy (non-hydrogen) atoms. The fourth-order valence-electron chi connectivity index (χ4n) is 0.648. The highest BCUT2D eigenvalue weighted by atomic mass is 35.5. The van der Waals surface area contributed by atoms with Crippen LogP contribution < -0.4 is 5.43 Å². The number of rotatable bonds is 1. The fraction of sp³-hybridized carbons (Fsp3) is 0.167. The minimum Gasteiger partial charge on any atom is -0.343 e. The Hall–Kier alpha value is -0.610. The van der Waals surface area contributed by atoms with Gasteiger partial charge >= 0.3 is 0 Å². The third-order valence-corrected chi connectivity index (χ3v) is 1.94. The molecule has 0 aliphatic rings. The van der Waals surface area contributed by atoms with Gasteiger partial charge in [0.1, 0.15) is 10.2 Å². The first-order valence-corrected chi connectivity index (χ1v) is 3.64. The van der Waals surface area contributed by atoms with Crippen molar-refractivity contribution in [3.8, 4) is 0 Å². The minimum atomic E-state index is -2.76. The van der Waals surface area contributed by atoms with Crippen LogP contribution in [0.5, 0.6) is 0 Å². The maximum atomic E-state index is 12.0. The summed E-state index contributed by atoms with van der Waals surface area (Å²) in [6.45, 7) is 0. The lowest BCUT2D eigenvalue weighted by Gasteiger charge is -2.00. The van der Waals surface area contributed by atoms with Crippen molar-refractivity contribution in [2.75, 3.05) is 0 Å². The maximum Gasteiger partial charge on any atom is 0.278 e. The van der Waals surface area contributed by atoms with Crippen molar-refractivity contribution in [2.45, 2.75) is 6.43 Å². The van der Waals surface area contributed by atoms with Gasteiger partial charge in [0.15, 0.2) is 0 Å². The first kappa shape index (κ1) is 9.48. The van der Waals surface area contributed by atoms with Gasteiger partial charge in [0, 0.05) is 6.07 Å². The van der Waals surface area contributed by atoms with Gasteiger partial charge in [-0.15, -0.1) is 0 Å². The zero-order valence-corrected chi connectivity index (χ0v) is 7.09. The van der Waals surface area contributed by atoms with Crippen molar-refractivity contribution >= 4 is 23.2 Å². The van der Waals surface area contributed by atoms with E-state index in [-0.39, 0.29) is 10.2 Å². The second kappa shape index (κ2) is 3.41. The summed E-state index contributed by atoms with van der Waals surface area (Å²) in [6, 6.07) is 0.721. The van der Waals surface area contributed by atoms with Crippen molar-refractivity contribution in [3.05, 3.63) is 32.2 Å². The number of aromatic amines is 1. The molecule has 1 N–H and O–H groups in total. The molecule has 0 radical (unpaired) electrons. The number of alkyl halides is 2. The van der Waals surface area contributed by atoms with Crippen LogP contribution >= 0.6 is 23.2 Å². The number of pyridine rings is 1. The highest BCUT2D eigenvalue weighted by Crippen LogP contribution is 2.20. The Bertz CT molecular complexity index is 350. The van der Waals surface area contributed by atoms with Gasteiger partial charge in [-0.25, -0.2) is 8.78 Å². The normalized spacial score (nSPS) is 10.8. The topological polar surface area (TPSA) is 32.9 Å². The van der Waals surface area contributed by atoms with E-state index in [2.05, 4.69) is 4.98 Å². The summed E-state index contributed by atoms with van der Waals surface area (Å²) in [6.07, 6.45) is -2.76. The number of hydrogen-bond acceptors (Lipinski definition) is 1. The Morgan fingerprint density at radius 2 is 2.00 bits per heavy atom. The molecule has 0 aliphatic carbocycles. The van der Waals surface area contributed by atoms with Gasteiger partial charge in [0.2, 0.25) is 5.43 Å². The highest BCUT2D eigenvalue weighted by molar-refractivity contribution is 6.41. The summed E-state index contributed by atoms with van der Waals surface area (Å²) < 4.78 is 24.0. The summed E-state index contributed by atoms with van der Waals surface area (Å²) in [4.78, 5) is 12.9. The van der Waals surface area contributed by atoms with Gasteiger partial charge in [-0.2, -0.15) is 0 Å². The van der Waals surface area contributed by atoms with Crippen LogP contribution in [0.1, 0.15) is 12.1 Å². The molecule has 1 rings (SSSR count). The van der Waals surface area contributed by atoms with Crippen LogP contribution in [0.4, 0.5) is 8.78 Å². The largest absolute Gasteiger partial charge is 0.343 e. The SMILES string of the molecule is O=c1cc(C(F)F)[nH]c(Cl)c1Cl. The first-order chi connectivity index (χ1) is 5.52. The Kier molecular flexibility index (Phi) is 2.69. The summed E-state index contributed by atoms with van der Waals surface area (Å²) >= 11 is 10.7. The van der Waals surface area contributed by atoms with E-state index in [4.69, 9.17) is 23.2 Å².